The van der Waals surface area contributed by atoms with Crippen LogP contribution < -0.4 is 5.32 Å². The second-order valence-electron chi connectivity index (χ2n) is 4.07. The van der Waals surface area contributed by atoms with Crippen LogP contribution >= 0.6 is 11.6 Å². The minimum atomic E-state index is 0.282. The second kappa shape index (κ2) is 6.23. The van der Waals surface area contributed by atoms with Gasteiger partial charge in [-0.3, -0.25) is 4.68 Å². The van der Waals surface area contributed by atoms with Gasteiger partial charge in [-0.2, -0.15) is 5.10 Å². The number of nitrogens with zero attached hydrogens (tertiary/aromatic N) is 2. The molecule has 0 amide bonds. The summed E-state index contributed by atoms with van der Waals surface area (Å²) in [6, 6.07) is 0. The van der Waals surface area contributed by atoms with Crippen molar-refractivity contribution in [2.75, 3.05) is 13.2 Å². The van der Waals surface area contributed by atoms with E-state index in [1.807, 2.05) is 32.5 Å². The monoisotopic (exact) mass is 245 g/mol. The molecule has 0 aromatic carbocycles. The van der Waals surface area contributed by atoms with Gasteiger partial charge in [-0.05, 0) is 20.8 Å². The normalized spacial score (nSPS) is 11.4. The minimum Gasteiger partial charge on any atom is -0.377 e. The molecule has 0 atom stereocenters. The van der Waals surface area contributed by atoms with Crippen molar-refractivity contribution in [2.45, 2.75) is 33.4 Å². The molecule has 1 aromatic rings. The highest BCUT2D eigenvalue weighted by Crippen LogP contribution is 2.18. The number of halogens is 1. The molecule has 16 heavy (non-hydrogen) atoms. The maximum atomic E-state index is 6.12. The zero-order chi connectivity index (χ0) is 12.1. The average molecular weight is 246 g/mol. The van der Waals surface area contributed by atoms with Crippen molar-refractivity contribution in [3.05, 3.63) is 16.4 Å². The molecule has 0 unspecified atom stereocenters. The Balaban J connectivity index is 2.32. The summed E-state index contributed by atoms with van der Waals surface area (Å²) >= 11 is 6.12. The molecule has 1 aromatic heterocycles. The first-order chi connectivity index (χ1) is 7.52. The van der Waals surface area contributed by atoms with Gasteiger partial charge in [0.05, 0.1) is 29.1 Å². The van der Waals surface area contributed by atoms with Crippen LogP contribution in [0.25, 0.3) is 0 Å². The SMILES string of the molecule is Cc1nn(C)c(CNCCOC(C)C)c1Cl. The highest BCUT2D eigenvalue weighted by molar-refractivity contribution is 6.31. The Labute approximate surface area is 102 Å². The van der Waals surface area contributed by atoms with E-state index in [9.17, 15) is 0 Å². The summed E-state index contributed by atoms with van der Waals surface area (Å²) in [6.07, 6.45) is 0.282. The van der Waals surface area contributed by atoms with Crippen LogP contribution in [-0.2, 0) is 18.3 Å². The molecule has 0 spiro atoms. The Kier molecular flexibility index (Phi) is 5.25. The maximum Gasteiger partial charge on any atom is 0.0860 e. The van der Waals surface area contributed by atoms with E-state index in [1.165, 1.54) is 0 Å². The van der Waals surface area contributed by atoms with Gasteiger partial charge in [-0.1, -0.05) is 11.6 Å². The van der Waals surface area contributed by atoms with Crippen LogP contribution in [0, 0.1) is 6.92 Å². The second-order valence-corrected chi connectivity index (χ2v) is 4.44. The van der Waals surface area contributed by atoms with Crippen LogP contribution in [0.15, 0.2) is 0 Å². The van der Waals surface area contributed by atoms with Gasteiger partial charge in [0.1, 0.15) is 0 Å². The molecule has 0 saturated carbocycles. The molecule has 0 aliphatic carbocycles. The Hall–Kier alpha value is -0.580. The summed E-state index contributed by atoms with van der Waals surface area (Å²) in [6.45, 7) is 8.22. The summed E-state index contributed by atoms with van der Waals surface area (Å²) in [5, 5.41) is 8.28. The van der Waals surface area contributed by atoms with Crippen LogP contribution in [0.5, 0.6) is 0 Å². The van der Waals surface area contributed by atoms with Gasteiger partial charge in [0.2, 0.25) is 0 Å². The Morgan fingerprint density at radius 3 is 2.69 bits per heavy atom. The molecule has 0 radical (unpaired) electrons. The number of rotatable bonds is 6. The van der Waals surface area contributed by atoms with Gasteiger partial charge in [-0.25, -0.2) is 0 Å². The number of nitrogens with one attached hydrogen (secondary N) is 1. The highest BCUT2D eigenvalue weighted by Gasteiger charge is 2.09. The quantitative estimate of drug-likeness (QED) is 0.778. The van der Waals surface area contributed by atoms with Gasteiger partial charge in [0, 0.05) is 20.1 Å². The lowest BCUT2D eigenvalue weighted by atomic mass is 10.3. The summed E-state index contributed by atoms with van der Waals surface area (Å²) in [4.78, 5) is 0. The van der Waals surface area contributed by atoms with E-state index in [-0.39, 0.29) is 6.10 Å². The predicted octanol–water partition coefficient (Wildman–Crippen LogP) is 1.90. The van der Waals surface area contributed by atoms with E-state index in [0.717, 1.165) is 29.5 Å². The van der Waals surface area contributed by atoms with Crippen molar-refractivity contribution in [1.82, 2.24) is 15.1 Å². The van der Waals surface area contributed by atoms with Crippen LogP contribution in [0.3, 0.4) is 0 Å². The fourth-order valence-electron chi connectivity index (χ4n) is 1.45. The first-order valence-corrected chi connectivity index (χ1v) is 5.90. The van der Waals surface area contributed by atoms with Crippen LogP contribution in [0.4, 0.5) is 0 Å². The molecule has 1 heterocycles. The Morgan fingerprint density at radius 1 is 1.50 bits per heavy atom. The summed E-state index contributed by atoms with van der Waals surface area (Å²) < 4.78 is 7.24. The summed E-state index contributed by atoms with van der Waals surface area (Å²) in [7, 11) is 1.90. The number of hydrogen-bond donors (Lipinski definition) is 1. The smallest absolute Gasteiger partial charge is 0.0860 e. The lowest BCUT2D eigenvalue weighted by Gasteiger charge is -2.08. The van der Waals surface area contributed by atoms with Gasteiger partial charge in [0.25, 0.3) is 0 Å². The average Bonchev–Trinajstić information content (AvgIpc) is 2.43. The van der Waals surface area contributed by atoms with Crippen molar-refractivity contribution in [3.63, 3.8) is 0 Å². The van der Waals surface area contributed by atoms with Gasteiger partial charge >= 0.3 is 0 Å². The fraction of sp³-hybridized carbons (Fsp3) is 0.727. The zero-order valence-electron chi connectivity index (χ0n) is 10.4. The third-order valence-corrected chi connectivity index (χ3v) is 2.78. The molecule has 1 rings (SSSR count). The fourth-order valence-corrected chi connectivity index (χ4v) is 1.67. The highest BCUT2D eigenvalue weighted by atomic mass is 35.5. The molecular weight excluding hydrogens is 226 g/mol. The van der Waals surface area contributed by atoms with Gasteiger partial charge < -0.3 is 10.1 Å². The van der Waals surface area contributed by atoms with E-state index in [1.54, 1.807) is 0 Å². The topological polar surface area (TPSA) is 39.1 Å². The number of aromatic nitrogens is 2. The lowest BCUT2D eigenvalue weighted by Crippen LogP contribution is -2.22. The van der Waals surface area contributed by atoms with Crippen LogP contribution in [0.1, 0.15) is 25.2 Å². The molecule has 5 heteroatoms. The molecule has 0 saturated heterocycles. The van der Waals surface area contributed by atoms with Crippen LogP contribution in [0.2, 0.25) is 5.02 Å². The minimum absolute atomic E-state index is 0.282. The van der Waals surface area contributed by atoms with Crippen molar-refractivity contribution >= 4 is 11.6 Å². The van der Waals surface area contributed by atoms with E-state index in [0.29, 0.717) is 6.61 Å². The van der Waals surface area contributed by atoms with Gasteiger partial charge in [0.15, 0.2) is 0 Å². The number of ether oxygens (including phenoxy) is 1. The molecule has 1 N–H and O–H groups in total. The Bertz CT molecular complexity index is 336. The first-order valence-electron chi connectivity index (χ1n) is 5.52. The van der Waals surface area contributed by atoms with Crippen LogP contribution in [-0.4, -0.2) is 29.0 Å². The van der Waals surface area contributed by atoms with E-state index >= 15 is 0 Å². The maximum absolute atomic E-state index is 6.12. The first kappa shape index (κ1) is 13.5. The molecule has 0 fully saturated rings. The van der Waals surface area contributed by atoms with Gasteiger partial charge in [-0.15, -0.1) is 0 Å². The number of aryl methyl sites for hydroxylation is 2. The predicted molar refractivity (Wildman–Crippen MR) is 65.7 cm³/mol. The molecule has 0 aliphatic rings. The van der Waals surface area contributed by atoms with E-state index in [2.05, 4.69) is 10.4 Å². The summed E-state index contributed by atoms with van der Waals surface area (Å²) in [5.41, 5.74) is 1.89. The Morgan fingerprint density at radius 2 is 2.19 bits per heavy atom. The van der Waals surface area contributed by atoms with Crippen molar-refractivity contribution in [2.24, 2.45) is 7.05 Å². The third kappa shape index (κ3) is 3.77. The molecule has 0 aliphatic heterocycles. The number of hydrogen-bond acceptors (Lipinski definition) is 3. The molecule has 4 nitrogen and oxygen atoms in total. The molecule has 92 valence electrons. The largest absolute Gasteiger partial charge is 0.377 e. The van der Waals surface area contributed by atoms with E-state index < -0.39 is 0 Å². The standard InChI is InChI=1S/C11H20ClN3O/c1-8(2)16-6-5-13-7-10-11(12)9(3)14-15(10)4/h8,13H,5-7H2,1-4H3. The third-order valence-electron chi connectivity index (χ3n) is 2.28. The molecule has 0 bridgehead atoms. The van der Waals surface area contributed by atoms with E-state index in [4.69, 9.17) is 16.3 Å². The van der Waals surface area contributed by atoms with Crippen molar-refractivity contribution in [3.8, 4) is 0 Å². The lowest BCUT2D eigenvalue weighted by molar-refractivity contribution is 0.0806. The molecular formula is C11H20ClN3O. The van der Waals surface area contributed by atoms with Crippen molar-refractivity contribution < 1.29 is 4.74 Å². The summed E-state index contributed by atoms with van der Waals surface area (Å²) in [5.74, 6) is 0. The zero-order valence-corrected chi connectivity index (χ0v) is 11.1. The van der Waals surface area contributed by atoms with Crippen molar-refractivity contribution in [1.29, 1.82) is 0 Å².